The molecule has 0 amide bonds. The number of rotatable bonds is 6. The van der Waals surface area contributed by atoms with E-state index in [9.17, 15) is 5.11 Å². The first-order chi connectivity index (χ1) is 24.3. The number of phenols is 1. The molecule has 0 bridgehead atoms. The Hall–Kier alpha value is -5.55. The number of aromatic hydroxyl groups is 1. The lowest BCUT2D eigenvalue weighted by molar-refractivity contribution is 0.446. The van der Waals surface area contributed by atoms with E-state index in [-0.39, 0.29) is 16.6 Å². The Morgan fingerprint density at radius 1 is 0.627 bits per heavy atom. The minimum atomic E-state index is -0.301. The molecule has 0 aliphatic rings. The molecule has 7 rings (SSSR count). The van der Waals surface area contributed by atoms with Crippen molar-refractivity contribution in [2.75, 3.05) is 0 Å². The van der Waals surface area contributed by atoms with Crippen molar-refractivity contribution in [3.63, 3.8) is 0 Å². The number of pyridine rings is 2. The number of hydrogen-bond acceptors (Lipinski definition) is 4. The number of aromatic nitrogens is 4. The molecule has 0 radical (unpaired) electrons. The smallest absolute Gasteiger partial charge is 0.149 e. The first kappa shape index (κ1) is 33.9. The van der Waals surface area contributed by atoms with Crippen molar-refractivity contribution in [3.8, 4) is 56.5 Å². The van der Waals surface area contributed by atoms with Crippen LogP contribution in [0.1, 0.15) is 78.0 Å². The summed E-state index contributed by atoms with van der Waals surface area (Å²) in [7, 11) is 0. The lowest BCUT2D eigenvalue weighted by Crippen LogP contribution is -2.17. The fraction of sp³-hybridized carbons (Fsp3) is 0.239. The summed E-state index contributed by atoms with van der Waals surface area (Å²) in [5, 5.41) is 12.2. The number of para-hydroxylation sites is 1. The predicted molar refractivity (Wildman–Crippen MR) is 212 cm³/mol. The van der Waals surface area contributed by atoms with Crippen molar-refractivity contribution in [2.24, 2.45) is 0 Å². The van der Waals surface area contributed by atoms with Crippen LogP contribution in [0.25, 0.3) is 61.8 Å². The second kappa shape index (κ2) is 13.0. The van der Waals surface area contributed by atoms with Crippen LogP contribution >= 0.6 is 0 Å². The van der Waals surface area contributed by atoms with Crippen LogP contribution in [0.4, 0.5) is 0 Å². The third-order valence-electron chi connectivity index (χ3n) is 9.68. The van der Waals surface area contributed by atoms with Gasteiger partial charge in [-0.15, -0.1) is 0 Å². The Morgan fingerprint density at radius 2 is 1.33 bits per heavy atom. The van der Waals surface area contributed by atoms with E-state index < -0.39 is 0 Å². The average molecular weight is 671 g/mol. The molecule has 3 heterocycles. The second-order valence-corrected chi connectivity index (χ2v) is 15.8. The first-order valence-corrected chi connectivity index (χ1v) is 17.8. The third kappa shape index (κ3) is 6.45. The molecule has 0 fully saturated rings. The summed E-state index contributed by atoms with van der Waals surface area (Å²) in [5.41, 5.74) is 12.0. The molecular weight excluding hydrogens is 625 g/mol. The van der Waals surface area contributed by atoms with Gasteiger partial charge in [-0.25, -0.2) is 4.98 Å². The summed E-state index contributed by atoms with van der Waals surface area (Å²) in [6.07, 6.45) is 3.71. The van der Waals surface area contributed by atoms with E-state index in [2.05, 4.69) is 144 Å². The van der Waals surface area contributed by atoms with Gasteiger partial charge in [0.05, 0.1) is 28.2 Å². The summed E-state index contributed by atoms with van der Waals surface area (Å²) in [5.74, 6) is 1.21. The van der Waals surface area contributed by atoms with Crippen molar-refractivity contribution < 1.29 is 5.11 Å². The van der Waals surface area contributed by atoms with Crippen molar-refractivity contribution >= 4 is 11.0 Å². The van der Waals surface area contributed by atoms with Gasteiger partial charge in [0.2, 0.25) is 0 Å². The van der Waals surface area contributed by atoms with Crippen LogP contribution in [-0.4, -0.2) is 24.6 Å². The highest BCUT2D eigenvalue weighted by molar-refractivity contribution is 5.96. The highest BCUT2D eigenvalue weighted by Crippen LogP contribution is 2.45. The SMILES string of the molecule is CC(C)c1cc(-c2ccccn2)cc(-c2nccc3c2nc(-c2cc(C(C)(C)C)cc(C(C)(C)C)c2O)n3-c2ccccc2-c2ccccc2)c1. The quantitative estimate of drug-likeness (QED) is 0.191. The van der Waals surface area contributed by atoms with Gasteiger partial charge in [-0.1, -0.05) is 116 Å². The van der Waals surface area contributed by atoms with Gasteiger partial charge in [-0.05, 0) is 82.0 Å². The minimum Gasteiger partial charge on any atom is -0.507 e. The lowest BCUT2D eigenvalue weighted by atomic mass is 9.79. The maximum atomic E-state index is 12.2. The maximum absolute atomic E-state index is 12.2. The molecule has 0 unspecified atom stereocenters. The molecule has 0 aliphatic carbocycles. The van der Waals surface area contributed by atoms with Crippen LogP contribution in [0.15, 0.2) is 122 Å². The standard InChI is InChI=1S/C46H46N4O/c1-29(2)31-24-32(38-19-14-15-22-47-38)26-33(25-31)41-42-40(21-23-48-41)50(39-20-13-12-18-35(39)30-16-10-9-11-17-30)44(49-42)36-27-34(45(3,4)5)28-37(43(36)51)46(6,7)8/h9-29,51H,1-8H3. The Kier molecular flexibility index (Phi) is 8.62. The average Bonchev–Trinajstić information content (AvgIpc) is 3.50. The number of imidazole rings is 1. The molecule has 0 atom stereocenters. The number of nitrogens with zero attached hydrogens (tertiary/aromatic N) is 4. The number of phenolic OH excluding ortho intramolecular Hbond substituents is 1. The molecule has 0 aliphatic heterocycles. The van der Waals surface area contributed by atoms with Crippen molar-refractivity contribution in [3.05, 3.63) is 138 Å². The van der Waals surface area contributed by atoms with Gasteiger partial charge in [-0.3, -0.25) is 14.5 Å². The monoisotopic (exact) mass is 670 g/mol. The number of fused-ring (bicyclic) bond motifs is 1. The molecule has 5 heteroatoms. The number of hydrogen-bond donors (Lipinski definition) is 1. The van der Waals surface area contributed by atoms with E-state index in [0.29, 0.717) is 17.3 Å². The fourth-order valence-electron chi connectivity index (χ4n) is 6.78. The van der Waals surface area contributed by atoms with E-state index in [1.807, 2.05) is 42.7 Å². The molecule has 4 aromatic carbocycles. The molecule has 0 spiro atoms. The highest BCUT2D eigenvalue weighted by Gasteiger charge is 2.29. The van der Waals surface area contributed by atoms with Crippen molar-refractivity contribution in [1.82, 2.24) is 19.5 Å². The van der Waals surface area contributed by atoms with Crippen LogP contribution in [-0.2, 0) is 10.8 Å². The van der Waals surface area contributed by atoms with Gasteiger partial charge in [-0.2, -0.15) is 0 Å². The van der Waals surface area contributed by atoms with E-state index >= 15 is 0 Å². The van der Waals surface area contributed by atoms with E-state index in [1.54, 1.807) is 0 Å². The fourth-order valence-corrected chi connectivity index (χ4v) is 6.78. The number of benzene rings is 4. The van der Waals surface area contributed by atoms with Crippen molar-refractivity contribution in [1.29, 1.82) is 0 Å². The minimum absolute atomic E-state index is 0.160. The molecule has 0 saturated heterocycles. The molecule has 7 aromatic rings. The largest absolute Gasteiger partial charge is 0.507 e. The Morgan fingerprint density at radius 3 is 2.02 bits per heavy atom. The van der Waals surface area contributed by atoms with E-state index in [0.717, 1.165) is 61.5 Å². The van der Waals surface area contributed by atoms with Gasteiger partial charge < -0.3 is 5.11 Å². The van der Waals surface area contributed by atoms with Crippen LogP contribution in [0, 0.1) is 0 Å². The molecule has 1 N–H and O–H groups in total. The summed E-state index contributed by atoms with van der Waals surface area (Å²) < 4.78 is 2.21. The topological polar surface area (TPSA) is 63.8 Å². The highest BCUT2D eigenvalue weighted by atomic mass is 16.3. The van der Waals surface area contributed by atoms with Crippen LogP contribution < -0.4 is 0 Å². The third-order valence-corrected chi connectivity index (χ3v) is 9.68. The zero-order valence-corrected chi connectivity index (χ0v) is 30.9. The van der Waals surface area contributed by atoms with Gasteiger partial charge in [0, 0.05) is 34.6 Å². The van der Waals surface area contributed by atoms with Gasteiger partial charge >= 0.3 is 0 Å². The summed E-state index contributed by atoms with van der Waals surface area (Å²) in [6.45, 7) is 17.5. The zero-order valence-electron chi connectivity index (χ0n) is 30.9. The Labute approximate surface area is 301 Å². The van der Waals surface area contributed by atoms with E-state index in [4.69, 9.17) is 9.97 Å². The zero-order chi connectivity index (χ0) is 36.1. The van der Waals surface area contributed by atoms with E-state index in [1.165, 1.54) is 5.56 Å². The first-order valence-electron chi connectivity index (χ1n) is 17.8. The summed E-state index contributed by atoms with van der Waals surface area (Å²) in [6, 6.07) is 37.8. The Balaban J connectivity index is 1.60. The Bertz CT molecular complexity index is 2360. The molecule has 0 saturated carbocycles. The molecule has 256 valence electrons. The van der Waals surface area contributed by atoms with Crippen molar-refractivity contribution in [2.45, 2.75) is 72.1 Å². The molecule has 3 aromatic heterocycles. The van der Waals surface area contributed by atoms with Crippen LogP contribution in [0.5, 0.6) is 5.75 Å². The molecule has 51 heavy (non-hydrogen) atoms. The predicted octanol–water partition coefficient (Wildman–Crippen LogP) is 11.9. The van der Waals surface area contributed by atoms with Crippen LogP contribution in [0.3, 0.4) is 0 Å². The maximum Gasteiger partial charge on any atom is 0.149 e. The van der Waals surface area contributed by atoms with Gasteiger partial charge in [0.25, 0.3) is 0 Å². The lowest BCUT2D eigenvalue weighted by Gasteiger charge is -2.27. The molecule has 5 nitrogen and oxygen atoms in total. The second-order valence-electron chi connectivity index (χ2n) is 15.8. The van der Waals surface area contributed by atoms with Crippen LogP contribution in [0.2, 0.25) is 0 Å². The molecular formula is C46H46N4O. The normalized spacial score (nSPS) is 12.2. The summed E-state index contributed by atoms with van der Waals surface area (Å²) in [4.78, 5) is 15.2. The summed E-state index contributed by atoms with van der Waals surface area (Å²) >= 11 is 0. The van der Waals surface area contributed by atoms with Gasteiger partial charge in [0.15, 0.2) is 0 Å². The van der Waals surface area contributed by atoms with Gasteiger partial charge in [0.1, 0.15) is 17.1 Å².